The molecule has 0 atom stereocenters. The van der Waals surface area contributed by atoms with Gasteiger partial charge in [0.2, 0.25) is 0 Å². The van der Waals surface area contributed by atoms with Gasteiger partial charge in [0.05, 0.1) is 0 Å². The van der Waals surface area contributed by atoms with Crippen LogP contribution in [0.2, 0.25) is 0 Å². The van der Waals surface area contributed by atoms with E-state index < -0.39 is 21.3 Å². The number of hydrogen-bond donors (Lipinski definition) is 0. The second-order valence-electron chi connectivity index (χ2n) is 13.7. The summed E-state index contributed by atoms with van der Waals surface area (Å²) in [6, 6.07) is 19.8. The largest absolute Gasteiger partial charge is 1.00 e. The summed E-state index contributed by atoms with van der Waals surface area (Å²) in [5.41, 5.74) is 17.9. The summed E-state index contributed by atoms with van der Waals surface area (Å²) in [6.07, 6.45) is 13.3. The van der Waals surface area contributed by atoms with Crippen LogP contribution in [0.5, 0.6) is 0 Å². The van der Waals surface area contributed by atoms with Gasteiger partial charge in [-0.2, -0.15) is 0 Å². The minimum absolute atomic E-state index is 0. The molecule has 0 fully saturated rings. The Morgan fingerprint density at radius 2 is 1.21 bits per heavy atom. The van der Waals surface area contributed by atoms with Crippen molar-refractivity contribution in [1.82, 2.24) is 0 Å². The van der Waals surface area contributed by atoms with Crippen LogP contribution in [-0.4, -0.2) is 3.21 Å². The smallest absolute Gasteiger partial charge is 1.00 e. The Labute approximate surface area is 272 Å². The van der Waals surface area contributed by atoms with Gasteiger partial charge in [0, 0.05) is 0 Å². The van der Waals surface area contributed by atoms with Crippen molar-refractivity contribution in [3.63, 3.8) is 0 Å². The van der Waals surface area contributed by atoms with Crippen molar-refractivity contribution < 1.29 is 46.1 Å². The van der Waals surface area contributed by atoms with Gasteiger partial charge < -0.3 is 24.8 Å². The minimum Gasteiger partial charge on any atom is -1.00 e. The van der Waals surface area contributed by atoms with E-state index in [1.54, 1.807) is 17.6 Å². The predicted molar refractivity (Wildman–Crippen MR) is 170 cm³/mol. The van der Waals surface area contributed by atoms with Crippen LogP contribution in [0.4, 0.5) is 0 Å². The number of halogens is 2. The van der Waals surface area contributed by atoms with E-state index in [2.05, 4.69) is 134 Å². The van der Waals surface area contributed by atoms with Gasteiger partial charge in [-0.05, 0) is 0 Å². The quantitative estimate of drug-likeness (QED) is 0.393. The molecular weight excluding hydrogens is 631 g/mol. The monoisotopic (exact) mass is 668 g/mol. The summed E-state index contributed by atoms with van der Waals surface area (Å²) in [5, 5.41) is 0. The van der Waals surface area contributed by atoms with Crippen LogP contribution < -0.4 is 24.8 Å². The number of rotatable bonds is 3. The molecule has 0 saturated heterocycles. The third kappa shape index (κ3) is 4.70. The molecule has 7 rings (SSSR count). The van der Waals surface area contributed by atoms with Crippen LogP contribution >= 0.6 is 0 Å². The fraction of sp³-hybridized carbons (Fsp3) is 0.308. The molecule has 0 heterocycles. The Kier molecular flexibility index (Phi) is 8.10. The fourth-order valence-corrected chi connectivity index (χ4v) is 16.6. The second kappa shape index (κ2) is 10.8. The van der Waals surface area contributed by atoms with Crippen molar-refractivity contribution in [3.8, 4) is 11.1 Å². The zero-order valence-corrected chi connectivity index (χ0v) is 30.0. The van der Waals surface area contributed by atoms with Gasteiger partial charge in [-0.15, -0.1) is 0 Å². The van der Waals surface area contributed by atoms with Gasteiger partial charge >= 0.3 is 250 Å². The molecule has 3 heteroatoms. The van der Waals surface area contributed by atoms with Crippen LogP contribution in [0.1, 0.15) is 103 Å². The average molecular weight is 671 g/mol. The molecule has 42 heavy (non-hydrogen) atoms. The number of benzene rings is 3. The molecule has 0 amide bonds. The van der Waals surface area contributed by atoms with E-state index >= 15 is 0 Å². The van der Waals surface area contributed by atoms with E-state index in [-0.39, 0.29) is 35.6 Å². The Morgan fingerprint density at radius 3 is 1.67 bits per heavy atom. The molecule has 4 aliphatic rings. The normalized spacial score (nSPS) is 18.6. The van der Waals surface area contributed by atoms with Gasteiger partial charge in [0.15, 0.2) is 0 Å². The molecule has 0 aliphatic heterocycles. The van der Waals surface area contributed by atoms with Crippen LogP contribution in [0.3, 0.4) is 0 Å². The first-order chi connectivity index (χ1) is 19.0. The first-order valence-electron chi connectivity index (χ1n) is 14.9. The molecule has 0 spiro atoms. The van der Waals surface area contributed by atoms with Crippen LogP contribution in [-0.2, 0) is 32.1 Å². The van der Waals surface area contributed by atoms with Crippen molar-refractivity contribution >= 4 is 14.4 Å². The SMILES string of the molecule is CC1=CC(C)(C)c2cc3c(cc21)-c1cc2c(cc1[CH]3/[Zr+2]([C]1=CC=CC1)=[C](\C)c1ccc(C)cc1)C(C)(C)C=C2C.[Cl-].[Cl-]. The zero-order valence-electron chi connectivity index (χ0n) is 26.0. The molecule has 0 N–H and O–H groups in total. The molecule has 0 aromatic heterocycles. The van der Waals surface area contributed by atoms with Crippen molar-refractivity contribution in [2.24, 2.45) is 0 Å². The molecular formula is C39H40Cl2Zr. The molecule has 214 valence electrons. The summed E-state index contributed by atoms with van der Waals surface area (Å²) in [4.78, 5) is 0. The van der Waals surface area contributed by atoms with Gasteiger partial charge in [-0.1, -0.05) is 0 Å². The van der Waals surface area contributed by atoms with E-state index in [1.807, 2.05) is 0 Å². The van der Waals surface area contributed by atoms with E-state index in [4.69, 9.17) is 0 Å². The number of hydrogen-bond acceptors (Lipinski definition) is 0. The van der Waals surface area contributed by atoms with Crippen molar-refractivity contribution in [2.75, 3.05) is 0 Å². The topological polar surface area (TPSA) is 0 Å². The number of allylic oxidation sites excluding steroid dienone is 8. The zero-order chi connectivity index (χ0) is 28.1. The van der Waals surface area contributed by atoms with Crippen molar-refractivity contribution in [3.05, 3.63) is 127 Å². The van der Waals surface area contributed by atoms with Crippen molar-refractivity contribution in [1.29, 1.82) is 0 Å². The standard InChI is InChI=1S/C25H25.C9H10.C5H5.2ClH.Zr/c1-14-12-24(3,4)22-8-16-7-17-9-23-19(15(2)13-25(23,5)6)11-21(17)20(16)10-18(14)22;1-3-9-6-4-8(2)5-7-9;1-2-4-5-3-1;;;/h7-13H,1-6H3;4-7H,1-2H3;1-3H,4H2;2*1H;/q;;;;;+2/p-2. The first-order valence-corrected chi connectivity index (χ1v) is 18.7. The molecule has 4 aliphatic carbocycles. The predicted octanol–water partition coefficient (Wildman–Crippen LogP) is 4.16. The molecule has 0 nitrogen and oxygen atoms in total. The third-order valence-electron chi connectivity index (χ3n) is 9.98. The van der Waals surface area contributed by atoms with E-state index in [1.165, 1.54) is 55.7 Å². The molecule has 0 unspecified atom stereocenters. The Hall–Kier alpha value is -2.05. The molecule has 0 saturated carbocycles. The number of fused-ring (bicyclic) bond motifs is 5. The summed E-state index contributed by atoms with van der Waals surface area (Å²) in [7, 11) is 0. The third-order valence-corrected chi connectivity index (χ3v) is 18.2. The van der Waals surface area contributed by atoms with Gasteiger partial charge in [0.25, 0.3) is 0 Å². The summed E-state index contributed by atoms with van der Waals surface area (Å²) < 4.78 is 3.89. The van der Waals surface area contributed by atoms with Crippen LogP contribution in [0.15, 0.2) is 82.2 Å². The van der Waals surface area contributed by atoms with E-state index in [0.717, 1.165) is 6.42 Å². The Morgan fingerprint density at radius 1 is 0.714 bits per heavy atom. The molecule has 3 aromatic rings. The molecule has 0 radical (unpaired) electrons. The maximum atomic E-state index is 2.65. The summed E-state index contributed by atoms with van der Waals surface area (Å²) >= 11 is -2.45. The summed E-state index contributed by atoms with van der Waals surface area (Å²) in [6.45, 7) is 18.8. The van der Waals surface area contributed by atoms with E-state index in [9.17, 15) is 0 Å². The molecule has 0 bridgehead atoms. The van der Waals surface area contributed by atoms with Crippen LogP contribution in [0.25, 0.3) is 22.3 Å². The maximum Gasteiger partial charge on any atom is -1.00 e. The van der Waals surface area contributed by atoms with Crippen molar-refractivity contribution in [2.45, 2.75) is 76.3 Å². The Bertz CT molecular complexity index is 1700. The van der Waals surface area contributed by atoms with Gasteiger partial charge in [-0.25, -0.2) is 0 Å². The van der Waals surface area contributed by atoms with Gasteiger partial charge in [-0.3, -0.25) is 0 Å². The fourth-order valence-electron chi connectivity index (χ4n) is 8.02. The Balaban J connectivity index is 0.00000176. The van der Waals surface area contributed by atoms with Gasteiger partial charge in [0.1, 0.15) is 0 Å². The summed E-state index contributed by atoms with van der Waals surface area (Å²) in [5.74, 6) is 0. The molecule has 3 aromatic carbocycles. The average Bonchev–Trinajstić information content (AvgIpc) is 3.63. The first kappa shape index (κ1) is 31.4. The van der Waals surface area contributed by atoms with E-state index in [0.29, 0.717) is 3.63 Å². The second-order valence-corrected chi connectivity index (χ2v) is 20.6. The maximum absolute atomic E-state index is 2.65. The number of aryl methyl sites for hydroxylation is 1. The van der Waals surface area contributed by atoms with Crippen LogP contribution in [0, 0.1) is 6.92 Å². The minimum atomic E-state index is -2.45.